The lowest BCUT2D eigenvalue weighted by molar-refractivity contribution is 0.406. The summed E-state index contributed by atoms with van der Waals surface area (Å²) >= 11 is 5.02. The Morgan fingerprint density at radius 3 is 2.28 bits per heavy atom. The number of nitrogens with zero attached hydrogens (tertiary/aromatic N) is 4. The van der Waals surface area contributed by atoms with Gasteiger partial charge in [-0.05, 0) is 67.4 Å². The molecule has 7 heteroatoms. The van der Waals surface area contributed by atoms with Gasteiger partial charge in [-0.1, -0.05) is 43.3 Å². The number of H-pyrrole nitrogens is 1. The van der Waals surface area contributed by atoms with Gasteiger partial charge in [-0.2, -0.15) is 4.98 Å². The molecule has 0 saturated carbocycles. The first-order valence-electron chi connectivity index (χ1n) is 10.6. The minimum absolute atomic E-state index is 0.192. The summed E-state index contributed by atoms with van der Waals surface area (Å²) in [4.78, 5) is 14.3. The van der Waals surface area contributed by atoms with Gasteiger partial charge in [0.15, 0.2) is 11.5 Å². The molecule has 0 fully saturated rings. The van der Waals surface area contributed by atoms with Crippen molar-refractivity contribution in [3.8, 4) is 28.2 Å². The van der Waals surface area contributed by atoms with E-state index in [2.05, 4.69) is 72.7 Å². The molecule has 0 aliphatic rings. The fraction of sp³-hybridized carbons (Fsp3) is 0.200. The number of pyridine rings is 1. The van der Waals surface area contributed by atoms with Crippen molar-refractivity contribution >= 4 is 23.4 Å². The van der Waals surface area contributed by atoms with E-state index < -0.39 is 0 Å². The molecule has 0 bridgehead atoms. The maximum Gasteiger partial charge on any atom is 0.314 e. The molecule has 0 unspecified atom stereocenters. The van der Waals surface area contributed by atoms with Gasteiger partial charge >= 0.3 is 4.84 Å². The Bertz CT molecular complexity index is 1510. The number of aryl methyl sites for hydroxylation is 3. The van der Waals surface area contributed by atoms with Crippen molar-refractivity contribution in [3.63, 3.8) is 0 Å². The van der Waals surface area contributed by atoms with Gasteiger partial charge in [0.25, 0.3) is 0 Å². The van der Waals surface area contributed by atoms with Crippen molar-refractivity contribution < 1.29 is 4.52 Å². The van der Waals surface area contributed by atoms with Gasteiger partial charge in [-0.25, -0.2) is 15.1 Å². The van der Waals surface area contributed by atoms with Crippen LogP contribution in [0.3, 0.4) is 0 Å². The Balaban J connectivity index is 1.63. The van der Waals surface area contributed by atoms with Gasteiger partial charge in [-0.15, -0.1) is 0 Å². The van der Waals surface area contributed by atoms with E-state index >= 15 is 0 Å². The topological polar surface area (TPSA) is 72.5 Å². The van der Waals surface area contributed by atoms with Crippen molar-refractivity contribution in [3.05, 3.63) is 76.0 Å². The second-order valence-electron chi connectivity index (χ2n) is 7.86. The Labute approximate surface area is 191 Å². The zero-order valence-electron chi connectivity index (χ0n) is 18.4. The first-order valence-corrected chi connectivity index (χ1v) is 11.0. The number of nitrogens with one attached hydrogen (secondary N) is 1. The molecule has 5 aromatic rings. The van der Waals surface area contributed by atoms with Crippen LogP contribution < -0.4 is 0 Å². The van der Waals surface area contributed by atoms with Gasteiger partial charge in [0, 0.05) is 23.4 Å². The van der Waals surface area contributed by atoms with Crippen LogP contribution in [0.25, 0.3) is 39.4 Å². The smallest absolute Gasteiger partial charge is 0.314 e. The van der Waals surface area contributed by atoms with E-state index in [9.17, 15) is 0 Å². The number of fused-ring (bicyclic) bond motifs is 1. The number of hydrogen-bond donors (Lipinski definition) is 1. The number of rotatable bonds is 4. The van der Waals surface area contributed by atoms with Crippen LogP contribution in [0, 0.1) is 25.6 Å². The SMILES string of the molecule is CCc1nc2c(C)c(C)c(C)nc2n1-c1ccc(-c2ccccc2-c2nc(=S)o[nH]2)cc1. The van der Waals surface area contributed by atoms with Gasteiger partial charge in [0.05, 0.1) is 0 Å². The Kier molecular flexibility index (Phi) is 4.98. The lowest BCUT2D eigenvalue weighted by Crippen LogP contribution is -2.02. The second kappa shape index (κ2) is 7.84. The molecule has 1 N–H and O–H groups in total. The zero-order chi connectivity index (χ0) is 22.4. The maximum absolute atomic E-state index is 5.13. The molecule has 0 amide bonds. The molecule has 3 heterocycles. The summed E-state index contributed by atoms with van der Waals surface area (Å²) in [7, 11) is 0. The zero-order valence-corrected chi connectivity index (χ0v) is 19.2. The molecular weight excluding hydrogens is 418 g/mol. The summed E-state index contributed by atoms with van der Waals surface area (Å²) in [5.41, 5.74) is 9.41. The predicted octanol–water partition coefficient (Wildman–Crippen LogP) is 6.29. The molecule has 160 valence electrons. The molecule has 5 rings (SSSR count). The molecule has 0 aliphatic heterocycles. The Morgan fingerprint density at radius 2 is 1.62 bits per heavy atom. The fourth-order valence-electron chi connectivity index (χ4n) is 4.09. The quantitative estimate of drug-likeness (QED) is 0.332. The second-order valence-corrected chi connectivity index (χ2v) is 8.21. The highest BCUT2D eigenvalue weighted by Gasteiger charge is 2.17. The monoisotopic (exact) mass is 441 g/mol. The maximum atomic E-state index is 5.13. The number of aromatic nitrogens is 5. The summed E-state index contributed by atoms with van der Waals surface area (Å²) < 4.78 is 7.30. The highest BCUT2D eigenvalue weighted by Crippen LogP contribution is 2.32. The molecule has 3 aromatic heterocycles. The third kappa shape index (κ3) is 3.26. The molecule has 0 radical (unpaired) electrons. The van der Waals surface area contributed by atoms with Crippen molar-refractivity contribution in [2.45, 2.75) is 34.1 Å². The predicted molar refractivity (Wildman–Crippen MR) is 129 cm³/mol. The van der Waals surface area contributed by atoms with Crippen LogP contribution in [0.4, 0.5) is 0 Å². The number of hydrogen-bond acceptors (Lipinski definition) is 5. The Morgan fingerprint density at radius 1 is 0.906 bits per heavy atom. The van der Waals surface area contributed by atoms with Gasteiger partial charge in [-0.3, -0.25) is 4.57 Å². The summed E-state index contributed by atoms with van der Waals surface area (Å²) in [6.07, 6.45) is 0.823. The van der Waals surface area contributed by atoms with E-state index in [1.807, 2.05) is 18.2 Å². The lowest BCUT2D eigenvalue weighted by Gasteiger charge is -2.12. The number of imidazole rings is 1. The van der Waals surface area contributed by atoms with E-state index in [1.165, 1.54) is 11.1 Å². The highest BCUT2D eigenvalue weighted by atomic mass is 32.1. The van der Waals surface area contributed by atoms with Crippen molar-refractivity contribution in [1.82, 2.24) is 24.7 Å². The molecule has 0 atom stereocenters. The molecule has 0 saturated heterocycles. The van der Waals surface area contributed by atoms with E-state index in [0.29, 0.717) is 5.82 Å². The molecule has 2 aromatic carbocycles. The van der Waals surface area contributed by atoms with Crippen LogP contribution in [0.15, 0.2) is 53.1 Å². The molecule has 6 nitrogen and oxygen atoms in total. The van der Waals surface area contributed by atoms with Crippen LogP contribution in [0.2, 0.25) is 0 Å². The van der Waals surface area contributed by atoms with E-state index in [4.69, 9.17) is 26.7 Å². The van der Waals surface area contributed by atoms with Crippen molar-refractivity contribution in [2.75, 3.05) is 0 Å². The first-order chi connectivity index (χ1) is 15.5. The standard InChI is InChI=1S/C25H23N5OS/c1-5-21-27-22-15(3)14(2)16(4)26-24(22)30(21)18-12-10-17(11-13-18)19-8-6-7-9-20(19)23-28-25(32)31-29-23/h6-13H,5H2,1-4H3,(H,28,29,32). The van der Waals surface area contributed by atoms with Crippen LogP contribution in [-0.2, 0) is 6.42 Å². The summed E-state index contributed by atoms with van der Waals surface area (Å²) in [5.74, 6) is 1.62. The van der Waals surface area contributed by atoms with E-state index in [1.54, 1.807) is 0 Å². The van der Waals surface area contributed by atoms with Crippen molar-refractivity contribution in [2.24, 2.45) is 0 Å². The molecule has 0 aliphatic carbocycles. The molecule has 0 spiro atoms. The lowest BCUT2D eigenvalue weighted by atomic mass is 9.99. The van der Waals surface area contributed by atoms with Crippen LogP contribution in [0.1, 0.15) is 29.6 Å². The summed E-state index contributed by atoms with van der Waals surface area (Å²) in [6.45, 7) is 8.41. The van der Waals surface area contributed by atoms with Crippen molar-refractivity contribution in [1.29, 1.82) is 0 Å². The van der Waals surface area contributed by atoms with Gasteiger partial charge in [0.1, 0.15) is 11.3 Å². The minimum Gasteiger partial charge on any atom is -0.348 e. The molecular formula is C25H23N5OS. The van der Waals surface area contributed by atoms with E-state index in [-0.39, 0.29) is 4.84 Å². The fourth-order valence-corrected chi connectivity index (χ4v) is 4.22. The number of aromatic amines is 1. The molecule has 32 heavy (non-hydrogen) atoms. The van der Waals surface area contributed by atoms with Gasteiger partial charge < -0.3 is 4.52 Å². The average molecular weight is 442 g/mol. The third-order valence-corrected chi connectivity index (χ3v) is 6.20. The highest BCUT2D eigenvalue weighted by molar-refractivity contribution is 7.71. The van der Waals surface area contributed by atoms with Gasteiger partial charge in [0.2, 0.25) is 0 Å². The third-order valence-electron chi connectivity index (χ3n) is 6.03. The minimum atomic E-state index is 0.192. The van der Waals surface area contributed by atoms with Crippen LogP contribution in [0.5, 0.6) is 0 Å². The summed E-state index contributed by atoms with van der Waals surface area (Å²) in [5, 5.41) is 2.80. The summed E-state index contributed by atoms with van der Waals surface area (Å²) in [6, 6.07) is 16.5. The first kappa shape index (κ1) is 20.3. The number of benzene rings is 2. The average Bonchev–Trinajstić information content (AvgIpc) is 3.41. The van der Waals surface area contributed by atoms with Crippen LogP contribution in [-0.4, -0.2) is 24.7 Å². The Hall–Kier alpha value is -3.58. The normalized spacial score (nSPS) is 11.4. The largest absolute Gasteiger partial charge is 0.348 e. The van der Waals surface area contributed by atoms with E-state index in [0.717, 1.165) is 51.5 Å². The van der Waals surface area contributed by atoms with Crippen LogP contribution >= 0.6 is 12.2 Å².